The molecule has 10 heteroatoms. The number of hydrogen-bond donors (Lipinski definition) is 4. The van der Waals surface area contributed by atoms with Crippen molar-refractivity contribution in [1.29, 1.82) is 0 Å². The molecule has 2 atom stereocenters. The molecule has 2 heterocycles. The molecule has 9 nitrogen and oxygen atoms in total. The van der Waals surface area contributed by atoms with Crippen molar-refractivity contribution in [2.45, 2.75) is 38.6 Å². The fraction of sp³-hybridized carbons (Fsp3) is 0.259. The fourth-order valence-corrected chi connectivity index (χ4v) is 4.34. The zero-order chi connectivity index (χ0) is 26.7. The molecule has 2 aliphatic heterocycles. The van der Waals surface area contributed by atoms with E-state index in [1.54, 1.807) is 24.3 Å². The van der Waals surface area contributed by atoms with Crippen LogP contribution in [0.1, 0.15) is 36.8 Å². The summed E-state index contributed by atoms with van der Waals surface area (Å²) in [5, 5.41) is 11.9. The number of benzene rings is 2. The number of nitrogens with one attached hydrogen (secondary N) is 4. The molecule has 192 valence electrons. The first kappa shape index (κ1) is 26.0. The topological polar surface area (TPSA) is 120 Å². The Labute approximate surface area is 219 Å². The highest BCUT2D eigenvalue weighted by Crippen LogP contribution is 2.26. The van der Waals surface area contributed by atoms with Gasteiger partial charge in [-0.05, 0) is 67.1 Å². The summed E-state index contributed by atoms with van der Waals surface area (Å²) in [7, 11) is 0. The molecule has 0 aliphatic carbocycles. The Hall–Kier alpha value is -4.11. The van der Waals surface area contributed by atoms with Gasteiger partial charge < -0.3 is 21.3 Å². The number of carbonyl (C=O) groups is 4. The third-order valence-electron chi connectivity index (χ3n) is 6.31. The lowest BCUT2D eigenvalue weighted by atomic mass is 10.0. The van der Waals surface area contributed by atoms with Gasteiger partial charge in [0.25, 0.3) is 11.8 Å². The average Bonchev–Trinajstić information content (AvgIpc) is 3.12. The van der Waals surface area contributed by atoms with Crippen LogP contribution < -0.4 is 21.3 Å². The molecule has 0 saturated carbocycles. The summed E-state index contributed by atoms with van der Waals surface area (Å²) in [4.78, 5) is 51.1. The highest BCUT2D eigenvalue weighted by Gasteiger charge is 2.41. The lowest BCUT2D eigenvalue weighted by molar-refractivity contribution is -0.146. The minimum atomic E-state index is -0.860. The predicted octanol–water partition coefficient (Wildman–Crippen LogP) is 4.03. The van der Waals surface area contributed by atoms with Crippen LogP contribution in [0, 0.1) is 6.92 Å². The maximum Gasteiger partial charge on any atom is 0.319 e. The van der Waals surface area contributed by atoms with E-state index in [4.69, 9.17) is 11.6 Å². The second kappa shape index (κ2) is 10.9. The highest BCUT2D eigenvalue weighted by atomic mass is 35.5. The Morgan fingerprint density at radius 2 is 1.97 bits per heavy atom. The Balaban J connectivity index is 1.35. The van der Waals surface area contributed by atoms with Gasteiger partial charge in [-0.25, -0.2) is 4.79 Å². The van der Waals surface area contributed by atoms with E-state index in [9.17, 15) is 19.2 Å². The smallest absolute Gasteiger partial charge is 0.319 e. The largest absolute Gasteiger partial charge is 0.351 e. The van der Waals surface area contributed by atoms with Crippen molar-refractivity contribution >= 4 is 46.7 Å². The quantitative estimate of drug-likeness (QED) is 0.410. The number of piperidine rings is 1. The molecule has 4 N–H and O–H groups in total. The molecule has 5 amide bonds. The van der Waals surface area contributed by atoms with Crippen LogP contribution in [0.2, 0.25) is 5.02 Å². The standard InChI is InChI=1S/C27H28ClN5O4/c1-15-11-20(8-9-21(15)28)32-27(37)29-14-16(2)18-5-4-6-19(12-18)31-22-13-24(34)33(26(22)36)23-10-7-17(3)30-25(23)35/h4-6,8-9,11-13,16,23,31H,3,7,10,14H2,1-2H3,(H,30,35)(H2,29,32,37). The summed E-state index contributed by atoms with van der Waals surface area (Å²) in [5.74, 6) is -1.53. The predicted molar refractivity (Wildman–Crippen MR) is 142 cm³/mol. The lowest BCUT2D eigenvalue weighted by Crippen LogP contribution is -2.52. The summed E-state index contributed by atoms with van der Waals surface area (Å²) >= 11 is 6.03. The molecule has 0 spiro atoms. The van der Waals surface area contributed by atoms with Gasteiger partial charge in [-0.3, -0.25) is 19.3 Å². The van der Waals surface area contributed by atoms with Gasteiger partial charge in [-0.1, -0.05) is 37.2 Å². The SMILES string of the molecule is C=C1CCC(N2C(=O)C=C(Nc3cccc(C(C)CNC(=O)Nc4ccc(Cl)c(C)c4)c3)C2=O)C(=O)N1. The van der Waals surface area contributed by atoms with Gasteiger partial charge >= 0.3 is 6.03 Å². The van der Waals surface area contributed by atoms with E-state index in [-0.39, 0.29) is 17.6 Å². The van der Waals surface area contributed by atoms with Crippen molar-refractivity contribution in [3.8, 4) is 0 Å². The molecule has 0 bridgehead atoms. The number of amides is 5. The first-order chi connectivity index (χ1) is 17.6. The van der Waals surface area contributed by atoms with Gasteiger partial charge in [0.05, 0.1) is 0 Å². The Bertz CT molecular complexity index is 1320. The fourth-order valence-electron chi connectivity index (χ4n) is 4.22. The van der Waals surface area contributed by atoms with E-state index in [0.29, 0.717) is 41.5 Å². The van der Waals surface area contributed by atoms with Crippen molar-refractivity contribution in [3.05, 3.63) is 82.7 Å². The van der Waals surface area contributed by atoms with E-state index in [1.807, 2.05) is 32.0 Å². The third-order valence-corrected chi connectivity index (χ3v) is 6.73. The van der Waals surface area contributed by atoms with Crippen LogP contribution in [0.25, 0.3) is 0 Å². The molecule has 0 radical (unpaired) electrons. The molecule has 2 unspecified atom stereocenters. The van der Waals surface area contributed by atoms with Gasteiger partial charge in [0.15, 0.2) is 0 Å². The number of aryl methyl sites for hydroxylation is 1. The Morgan fingerprint density at radius 1 is 1.19 bits per heavy atom. The number of hydrogen-bond acceptors (Lipinski definition) is 5. The van der Waals surface area contributed by atoms with Gasteiger partial charge in [-0.15, -0.1) is 0 Å². The van der Waals surface area contributed by atoms with Crippen molar-refractivity contribution in [3.63, 3.8) is 0 Å². The molecule has 2 aliphatic rings. The van der Waals surface area contributed by atoms with Crippen molar-refractivity contribution < 1.29 is 19.2 Å². The summed E-state index contributed by atoms with van der Waals surface area (Å²) < 4.78 is 0. The van der Waals surface area contributed by atoms with Crippen LogP contribution in [0.15, 0.2) is 66.5 Å². The van der Waals surface area contributed by atoms with Gasteiger partial charge in [-0.2, -0.15) is 0 Å². The molecule has 0 aromatic heterocycles. The van der Waals surface area contributed by atoms with Gasteiger partial charge in [0.2, 0.25) is 5.91 Å². The number of halogens is 1. The third kappa shape index (κ3) is 6.00. The number of rotatable bonds is 7. The van der Waals surface area contributed by atoms with Gasteiger partial charge in [0, 0.05) is 34.7 Å². The molecular formula is C27H28ClN5O4. The van der Waals surface area contributed by atoms with Crippen LogP contribution in [0.3, 0.4) is 0 Å². The minimum absolute atomic E-state index is 0.0372. The van der Waals surface area contributed by atoms with Crippen molar-refractivity contribution in [2.24, 2.45) is 0 Å². The van der Waals surface area contributed by atoms with Crippen LogP contribution in [-0.4, -0.2) is 41.2 Å². The average molecular weight is 522 g/mol. The highest BCUT2D eigenvalue weighted by molar-refractivity contribution is 6.31. The van der Waals surface area contributed by atoms with E-state index in [0.717, 1.165) is 16.0 Å². The summed E-state index contributed by atoms with van der Waals surface area (Å²) in [6.07, 6.45) is 2.05. The lowest BCUT2D eigenvalue weighted by Gasteiger charge is -2.29. The molecular weight excluding hydrogens is 494 g/mol. The van der Waals surface area contributed by atoms with Crippen LogP contribution in [0.4, 0.5) is 16.2 Å². The van der Waals surface area contributed by atoms with E-state index < -0.39 is 23.8 Å². The molecule has 1 fully saturated rings. The van der Waals surface area contributed by atoms with Crippen LogP contribution in [-0.2, 0) is 14.4 Å². The molecule has 4 rings (SSSR count). The number of anilines is 2. The van der Waals surface area contributed by atoms with Crippen molar-refractivity contribution in [2.75, 3.05) is 17.2 Å². The van der Waals surface area contributed by atoms with Crippen molar-refractivity contribution in [1.82, 2.24) is 15.5 Å². The van der Waals surface area contributed by atoms with E-state index in [2.05, 4.69) is 27.8 Å². The summed E-state index contributed by atoms with van der Waals surface area (Å²) in [6, 6.07) is 11.4. The zero-order valence-corrected chi connectivity index (χ0v) is 21.3. The maximum absolute atomic E-state index is 12.9. The molecule has 2 aromatic carbocycles. The summed E-state index contributed by atoms with van der Waals surface area (Å²) in [6.45, 7) is 7.93. The van der Waals surface area contributed by atoms with Crippen LogP contribution >= 0.6 is 11.6 Å². The first-order valence-corrected chi connectivity index (χ1v) is 12.3. The molecule has 1 saturated heterocycles. The molecule has 37 heavy (non-hydrogen) atoms. The number of imide groups is 1. The number of carbonyl (C=O) groups excluding carboxylic acids is 4. The number of nitrogens with zero attached hydrogens (tertiary/aromatic N) is 1. The second-order valence-electron chi connectivity index (χ2n) is 9.17. The normalized spacial score (nSPS) is 18.3. The maximum atomic E-state index is 12.9. The monoisotopic (exact) mass is 521 g/mol. The zero-order valence-electron chi connectivity index (χ0n) is 20.6. The number of urea groups is 1. The minimum Gasteiger partial charge on any atom is -0.351 e. The van der Waals surface area contributed by atoms with Gasteiger partial charge in [0.1, 0.15) is 11.7 Å². The van der Waals surface area contributed by atoms with Crippen LogP contribution in [0.5, 0.6) is 0 Å². The first-order valence-electron chi connectivity index (χ1n) is 11.9. The second-order valence-corrected chi connectivity index (χ2v) is 9.58. The van der Waals surface area contributed by atoms with E-state index >= 15 is 0 Å². The Kier molecular flexibility index (Phi) is 7.63. The number of allylic oxidation sites excluding steroid dienone is 1. The molecule has 2 aromatic rings. The summed E-state index contributed by atoms with van der Waals surface area (Å²) in [5.41, 5.74) is 3.72. The van der Waals surface area contributed by atoms with E-state index in [1.165, 1.54) is 6.08 Å². The Morgan fingerprint density at radius 3 is 2.70 bits per heavy atom.